The topological polar surface area (TPSA) is 53.9 Å². The third kappa shape index (κ3) is 5.83. The maximum absolute atomic E-state index is 11.7. The molecule has 0 unspecified atom stereocenters. The summed E-state index contributed by atoms with van der Waals surface area (Å²) < 4.78 is 4.88. The molecule has 1 N–H and O–H groups in total. The van der Waals surface area contributed by atoms with Crippen molar-refractivity contribution in [3.63, 3.8) is 0 Å². The molecule has 1 heterocycles. The number of hydrogen-bond acceptors (Lipinski definition) is 3. The maximum atomic E-state index is 11.7. The van der Waals surface area contributed by atoms with E-state index in [0.717, 1.165) is 51.3 Å². The first-order chi connectivity index (χ1) is 12.6. The second-order valence-electron chi connectivity index (χ2n) is 7.04. The van der Waals surface area contributed by atoms with Gasteiger partial charge in [0.2, 0.25) is 0 Å². The van der Waals surface area contributed by atoms with E-state index >= 15 is 0 Å². The van der Waals surface area contributed by atoms with Crippen molar-refractivity contribution in [2.24, 2.45) is 10.9 Å². The Morgan fingerprint density at radius 1 is 1.22 bits per heavy atom. The zero-order valence-corrected chi connectivity index (χ0v) is 19.4. The van der Waals surface area contributed by atoms with E-state index in [1.165, 1.54) is 12.7 Å². The molecule has 1 aliphatic rings. The van der Waals surface area contributed by atoms with E-state index < -0.39 is 0 Å². The highest BCUT2D eigenvalue weighted by Gasteiger charge is 2.31. The molecule has 1 aromatic rings. The van der Waals surface area contributed by atoms with Gasteiger partial charge in [0.25, 0.3) is 0 Å². The van der Waals surface area contributed by atoms with Crippen LogP contribution in [-0.2, 0) is 14.9 Å². The third-order valence-electron chi connectivity index (χ3n) is 5.87. The summed E-state index contributed by atoms with van der Waals surface area (Å²) in [6.45, 7) is 7.02. The summed E-state index contributed by atoms with van der Waals surface area (Å²) in [7, 11) is 3.30. The summed E-state index contributed by atoms with van der Waals surface area (Å²) in [4.78, 5) is 18.5. The number of guanidine groups is 1. The molecule has 6 heteroatoms. The van der Waals surface area contributed by atoms with Crippen LogP contribution in [0.4, 0.5) is 0 Å². The standard InChI is InChI=1S/C21H33N3O2.HI/c1-5-21(6-2,18-10-8-7-9-11-18)16-23-20(22-3)24-14-12-17(13-15-24)19(25)26-4;/h7-11,17H,5-6,12-16H2,1-4H3,(H,22,23);1H. The number of carbonyl (C=O) groups is 1. The Morgan fingerprint density at radius 2 is 1.81 bits per heavy atom. The largest absolute Gasteiger partial charge is 0.469 e. The number of halogens is 1. The number of rotatable bonds is 6. The van der Waals surface area contributed by atoms with Gasteiger partial charge in [-0.15, -0.1) is 24.0 Å². The molecule has 0 saturated carbocycles. The lowest BCUT2D eigenvalue weighted by molar-refractivity contribution is -0.146. The molecule has 0 aliphatic carbocycles. The van der Waals surface area contributed by atoms with Gasteiger partial charge in [-0.2, -0.15) is 0 Å². The highest BCUT2D eigenvalue weighted by molar-refractivity contribution is 14.0. The molecule has 0 aromatic heterocycles. The van der Waals surface area contributed by atoms with Gasteiger partial charge >= 0.3 is 5.97 Å². The lowest BCUT2D eigenvalue weighted by Crippen LogP contribution is -2.50. The van der Waals surface area contributed by atoms with Crippen molar-refractivity contribution < 1.29 is 9.53 Å². The van der Waals surface area contributed by atoms with Crippen LogP contribution in [0.15, 0.2) is 35.3 Å². The number of likely N-dealkylation sites (tertiary alicyclic amines) is 1. The normalized spacial score (nSPS) is 15.9. The number of nitrogens with one attached hydrogen (secondary N) is 1. The molecule has 27 heavy (non-hydrogen) atoms. The fourth-order valence-electron chi connectivity index (χ4n) is 3.88. The van der Waals surface area contributed by atoms with Gasteiger partial charge in [-0.05, 0) is 31.2 Å². The summed E-state index contributed by atoms with van der Waals surface area (Å²) in [5.41, 5.74) is 1.47. The van der Waals surface area contributed by atoms with E-state index in [4.69, 9.17) is 4.74 Å². The molecule has 0 atom stereocenters. The summed E-state index contributed by atoms with van der Waals surface area (Å²) in [6.07, 6.45) is 3.78. The molecule has 1 saturated heterocycles. The summed E-state index contributed by atoms with van der Waals surface area (Å²) in [5, 5.41) is 3.60. The Bertz CT molecular complexity index is 595. The highest BCUT2D eigenvalue weighted by Crippen LogP contribution is 2.31. The molecule has 1 fully saturated rings. The van der Waals surface area contributed by atoms with Gasteiger partial charge in [-0.1, -0.05) is 44.2 Å². The van der Waals surface area contributed by atoms with Crippen molar-refractivity contribution in [2.75, 3.05) is 33.8 Å². The van der Waals surface area contributed by atoms with Gasteiger partial charge in [0.15, 0.2) is 5.96 Å². The van der Waals surface area contributed by atoms with E-state index in [2.05, 4.69) is 59.4 Å². The smallest absolute Gasteiger partial charge is 0.308 e. The van der Waals surface area contributed by atoms with Crippen LogP contribution < -0.4 is 5.32 Å². The summed E-state index contributed by atoms with van der Waals surface area (Å²) >= 11 is 0. The number of aliphatic imine (C=N–C) groups is 1. The van der Waals surface area contributed by atoms with Crippen molar-refractivity contribution in [1.29, 1.82) is 0 Å². The lowest BCUT2D eigenvalue weighted by Gasteiger charge is -2.37. The number of hydrogen-bond donors (Lipinski definition) is 1. The zero-order valence-electron chi connectivity index (χ0n) is 17.0. The summed E-state index contributed by atoms with van der Waals surface area (Å²) in [5.74, 6) is 0.854. The van der Waals surface area contributed by atoms with Gasteiger partial charge in [-0.3, -0.25) is 9.79 Å². The van der Waals surface area contributed by atoms with Crippen LogP contribution in [-0.4, -0.2) is 50.6 Å². The molecule has 0 radical (unpaired) electrons. The molecule has 1 aromatic carbocycles. The van der Waals surface area contributed by atoms with E-state index in [1.807, 2.05) is 7.05 Å². The number of carbonyl (C=O) groups excluding carboxylic acids is 1. The Balaban J connectivity index is 0.00000364. The van der Waals surface area contributed by atoms with Crippen LogP contribution in [0, 0.1) is 5.92 Å². The van der Waals surface area contributed by atoms with E-state index in [0.29, 0.717) is 0 Å². The van der Waals surface area contributed by atoms with Crippen LogP contribution in [0.2, 0.25) is 0 Å². The Labute approximate surface area is 181 Å². The minimum absolute atomic E-state index is 0. The van der Waals surface area contributed by atoms with Crippen molar-refractivity contribution >= 4 is 35.9 Å². The molecule has 2 rings (SSSR count). The van der Waals surface area contributed by atoms with Crippen molar-refractivity contribution in [3.05, 3.63) is 35.9 Å². The predicted octanol–water partition coefficient (Wildman–Crippen LogP) is 3.82. The van der Waals surface area contributed by atoms with Gasteiger partial charge in [0.05, 0.1) is 13.0 Å². The number of piperidine rings is 1. The second kappa shape index (κ2) is 11.5. The van der Waals surface area contributed by atoms with Gasteiger partial charge in [-0.25, -0.2) is 0 Å². The van der Waals surface area contributed by atoms with Gasteiger partial charge in [0, 0.05) is 32.1 Å². The zero-order chi connectivity index (χ0) is 19.0. The second-order valence-corrected chi connectivity index (χ2v) is 7.04. The average Bonchev–Trinajstić information content (AvgIpc) is 2.72. The predicted molar refractivity (Wildman–Crippen MR) is 122 cm³/mol. The number of esters is 1. The number of methoxy groups -OCH3 is 1. The van der Waals surface area contributed by atoms with Crippen LogP contribution in [0.1, 0.15) is 45.1 Å². The van der Waals surface area contributed by atoms with Crippen molar-refractivity contribution in [2.45, 2.75) is 44.9 Å². The van der Waals surface area contributed by atoms with Crippen LogP contribution >= 0.6 is 24.0 Å². The Morgan fingerprint density at radius 3 is 2.30 bits per heavy atom. The minimum Gasteiger partial charge on any atom is -0.469 e. The van der Waals surface area contributed by atoms with E-state index in [9.17, 15) is 4.79 Å². The highest BCUT2D eigenvalue weighted by atomic mass is 127. The SMILES string of the molecule is CCC(CC)(CNC(=NC)N1CCC(C(=O)OC)CC1)c1ccccc1.I. The van der Waals surface area contributed by atoms with E-state index in [1.54, 1.807) is 0 Å². The quantitative estimate of drug-likeness (QED) is 0.287. The molecule has 152 valence electrons. The molecule has 5 nitrogen and oxygen atoms in total. The van der Waals surface area contributed by atoms with Gasteiger partial charge < -0.3 is 15.0 Å². The number of benzene rings is 1. The minimum atomic E-state index is -0.0901. The van der Waals surface area contributed by atoms with Gasteiger partial charge in [0.1, 0.15) is 0 Å². The molecular formula is C21H34IN3O2. The lowest BCUT2D eigenvalue weighted by atomic mass is 9.76. The van der Waals surface area contributed by atoms with Crippen LogP contribution in [0.5, 0.6) is 0 Å². The fourth-order valence-corrected chi connectivity index (χ4v) is 3.88. The average molecular weight is 487 g/mol. The van der Waals surface area contributed by atoms with Crippen molar-refractivity contribution in [3.8, 4) is 0 Å². The molecule has 0 amide bonds. The number of nitrogens with zero attached hydrogens (tertiary/aromatic N) is 2. The Kier molecular flexibility index (Phi) is 10.1. The third-order valence-corrected chi connectivity index (χ3v) is 5.87. The van der Waals surface area contributed by atoms with Crippen LogP contribution in [0.25, 0.3) is 0 Å². The molecule has 0 bridgehead atoms. The first-order valence-electron chi connectivity index (χ1n) is 9.69. The monoisotopic (exact) mass is 487 g/mol. The molecule has 1 aliphatic heterocycles. The van der Waals surface area contributed by atoms with Crippen LogP contribution in [0.3, 0.4) is 0 Å². The first-order valence-corrected chi connectivity index (χ1v) is 9.69. The molecular weight excluding hydrogens is 453 g/mol. The number of ether oxygens (including phenoxy) is 1. The fraction of sp³-hybridized carbons (Fsp3) is 0.619. The molecule has 0 spiro atoms. The van der Waals surface area contributed by atoms with Crippen molar-refractivity contribution in [1.82, 2.24) is 10.2 Å². The Hall–Kier alpha value is -1.31. The van der Waals surface area contributed by atoms with E-state index in [-0.39, 0.29) is 41.3 Å². The maximum Gasteiger partial charge on any atom is 0.308 e. The first kappa shape index (κ1) is 23.7. The summed E-state index contributed by atoms with van der Waals surface area (Å²) in [6, 6.07) is 10.7.